The summed E-state index contributed by atoms with van der Waals surface area (Å²) in [4.78, 5) is 25.8. The van der Waals surface area contributed by atoms with E-state index >= 15 is 0 Å². The Morgan fingerprint density at radius 1 is 0.870 bits per heavy atom. The summed E-state index contributed by atoms with van der Waals surface area (Å²) in [5, 5.41) is 4.01. The zero-order valence-corrected chi connectivity index (χ0v) is 13.1. The Labute approximate surface area is 134 Å². The van der Waals surface area contributed by atoms with Crippen molar-refractivity contribution in [3.63, 3.8) is 0 Å². The number of carbonyl (C=O) groups is 1. The maximum Gasteiger partial charge on any atom is 0.227 e. The molecule has 7 nitrogen and oxygen atoms in total. The van der Waals surface area contributed by atoms with Crippen molar-refractivity contribution in [3.05, 3.63) is 0 Å². The van der Waals surface area contributed by atoms with Crippen molar-refractivity contribution in [2.24, 2.45) is 11.8 Å². The molecule has 5 saturated heterocycles. The second kappa shape index (κ2) is 4.53. The highest BCUT2D eigenvalue weighted by Crippen LogP contribution is 2.55. The summed E-state index contributed by atoms with van der Waals surface area (Å²) in [6.07, 6.45) is 3.52. The van der Waals surface area contributed by atoms with Gasteiger partial charge in [0.1, 0.15) is 18.0 Å². The van der Waals surface area contributed by atoms with Gasteiger partial charge in [-0.05, 0) is 25.7 Å². The monoisotopic (exact) mass is 322 g/mol. The number of hydrogen-bond acceptors (Lipinski definition) is 7. The van der Waals surface area contributed by atoms with Crippen LogP contribution in [0, 0.1) is 11.8 Å². The average Bonchev–Trinajstić information content (AvgIpc) is 3.28. The minimum Gasteiger partial charge on any atom is -0.343 e. The normalized spacial score (nSPS) is 51.2. The third-order valence-electron chi connectivity index (χ3n) is 6.66. The van der Waals surface area contributed by atoms with Gasteiger partial charge in [0.15, 0.2) is 0 Å². The summed E-state index contributed by atoms with van der Waals surface area (Å²) in [5.74, 6) is -0.867. The smallest absolute Gasteiger partial charge is 0.227 e. The predicted molar refractivity (Wildman–Crippen MR) is 75.8 cm³/mol. The number of hydrogen-bond donors (Lipinski definition) is 0. The highest BCUT2D eigenvalue weighted by molar-refractivity contribution is 5.88. The molecule has 1 saturated carbocycles. The molecule has 0 aromatic carbocycles. The van der Waals surface area contributed by atoms with Gasteiger partial charge in [-0.3, -0.25) is 14.5 Å². The molecule has 0 aromatic heterocycles. The molecule has 0 aromatic rings. The first-order valence-corrected chi connectivity index (χ1v) is 8.98. The van der Waals surface area contributed by atoms with E-state index in [0.29, 0.717) is 19.0 Å². The fraction of sp³-hybridized carbons (Fsp3) is 0.938. The SMILES string of the molecule is O=C1C2C3CCCN3OC2C2(OCCO2)C2ON3CCCC3C12. The van der Waals surface area contributed by atoms with Gasteiger partial charge in [-0.25, -0.2) is 0 Å². The van der Waals surface area contributed by atoms with E-state index < -0.39 is 5.79 Å². The van der Waals surface area contributed by atoms with Crippen LogP contribution in [-0.4, -0.2) is 72.3 Å². The van der Waals surface area contributed by atoms with Crippen LogP contribution in [0.2, 0.25) is 0 Å². The van der Waals surface area contributed by atoms with Crippen LogP contribution in [0.4, 0.5) is 0 Å². The van der Waals surface area contributed by atoms with Crippen molar-refractivity contribution in [1.82, 2.24) is 10.1 Å². The van der Waals surface area contributed by atoms with Gasteiger partial charge in [0.25, 0.3) is 0 Å². The number of carbonyl (C=O) groups excluding carboxylic acids is 1. The molecule has 23 heavy (non-hydrogen) atoms. The molecule has 1 spiro atoms. The Bertz CT molecular complexity index is 511. The van der Waals surface area contributed by atoms with Gasteiger partial charge in [-0.1, -0.05) is 0 Å². The average molecular weight is 322 g/mol. The molecule has 6 fully saturated rings. The fourth-order valence-electron chi connectivity index (χ4n) is 5.82. The maximum absolute atomic E-state index is 13.4. The van der Waals surface area contributed by atoms with E-state index in [0.717, 1.165) is 38.8 Å². The summed E-state index contributed by atoms with van der Waals surface area (Å²) in [5.41, 5.74) is 0. The molecule has 6 rings (SSSR count). The second-order valence-corrected chi connectivity index (χ2v) is 7.62. The Hall–Kier alpha value is -0.570. The molecular weight excluding hydrogens is 300 g/mol. The number of ether oxygens (including phenoxy) is 2. The lowest BCUT2D eigenvalue weighted by molar-refractivity contribution is -0.337. The minimum absolute atomic E-state index is 0.138. The van der Waals surface area contributed by atoms with Gasteiger partial charge in [0.2, 0.25) is 5.79 Å². The molecular formula is C16H22N2O5. The number of nitrogens with zero attached hydrogens (tertiary/aromatic N) is 2. The van der Waals surface area contributed by atoms with Gasteiger partial charge in [-0.2, -0.15) is 10.1 Å². The lowest BCUT2D eigenvalue weighted by Crippen LogP contribution is -2.66. The number of rotatable bonds is 0. The highest BCUT2D eigenvalue weighted by Gasteiger charge is 2.73. The molecule has 1 aliphatic carbocycles. The summed E-state index contributed by atoms with van der Waals surface area (Å²) < 4.78 is 12.2. The molecule has 0 bridgehead atoms. The van der Waals surface area contributed by atoms with Crippen LogP contribution >= 0.6 is 0 Å². The van der Waals surface area contributed by atoms with Crippen molar-refractivity contribution in [3.8, 4) is 0 Å². The zero-order chi connectivity index (χ0) is 15.2. The quantitative estimate of drug-likeness (QED) is 0.627. The Kier molecular flexibility index (Phi) is 2.70. The van der Waals surface area contributed by atoms with E-state index in [4.69, 9.17) is 19.1 Å². The first kappa shape index (κ1) is 13.7. The van der Waals surface area contributed by atoms with Gasteiger partial charge in [0, 0.05) is 25.2 Å². The first-order chi connectivity index (χ1) is 11.3. The molecule has 0 radical (unpaired) electrons. The van der Waals surface area contributed by atoms with Crippen LogP contribution < -0.4 is 0 Å². The van der Waals surface area contributed by atoms with Crippen molar-refractivity contribution in [2.45, 2.75) is 55.8 Å². The number of ketones is 1. The van der Waals surface area contributed by atoms with Gasteiger partial charge in [0.05, 0.1) is 25.0 Å². The molecule has 126 valence electrons. The molecule has 5 aliphatic heterocycles. The van der Waals surface area contributed by atoms with Gasteiger partial charge < -0.3 is 9.47 Å². The van der Waals surface area contributed by atoms with Crippen LogP contribution in [0.25, 0.3) is 0 Å². The van der Waals surface area contributed by atoms with Crippen molar-refractivity contribution >= 4 is 5.78 Å². The van der Waals surface area contributed by atoms with Crippen molar-refractivity contribution in [1.29, 1.82) is 0 Å². The van der Waals surface area contributed by atoms with Crippen LogP contribution in [-0.2, 0) is 23.9 Å². The van der Waals surface area contributed by atoms with Crippen LogP contribution in [0.15, 0.2) is 0 Å². The summed E-state index contributed by atoms with van der Waals surface area (Å²) in [6, 6.07) is 0.377. The molecule has 0 amide bonds. The maximum atomic E-state index is 13.4. The molecule has 6 atom stereocenters. The van der Waals surface area contributed by atoms with Crippen LogP contribution in [0.3, 0.4) is 0 Å². The van der Waals surface area contributed by atoms with E-state index in [2.05, 4.69) is 0 Å². The van der Waals surface area contributed by atoms with E-state index in [-0.39, 0.29) is 36.1 Å². The van der Waals surface area contributed by atoms with Gasteiger partial charge in [-0.15, -0.1) is 0 Å². The lowest BCUT2D eigenvalue weighted by atomic mass is 9.68. The summed E-state index contributed by atoms with van der Waals surface area (Å²) >= 11 is 0. The fourth-order valence-corrected chi connectivity index (χ4v) is 5.82. The Morgan fingerprint density at radius 3 is 1.91 bits per heavy atom. The predicted octanol–water partition coefficient (Wildman–Crippen LogP) is 0.101. The van der Waals surface area contributed by atoms with Crippen molar-refractivity contribution in [2.75, 3.05) is 26.3 Å². The van der Waals surface area contributed by atoms with E-state index in [9.17, 15) is 4.79 Å². The molecule has 6 aliphatic rings. The zero-order valence-electron chi connectivity index (χ0n) is 13.1. The van der Waals surface area contributed by atoms with E-state index in [1.807, 2.05) is 10.1 Å². The largest absolute Gasteiger partial charge is 0.343 e. The second-order valence-electron chi connectivity index (χ2n) is 7.62. The van der Waals surface area contributed by atoms with Crippen LogP contribution in [0.1, 0.15) is 25.7 Å². The number of fused-ring (bicyclic) bond motifs is 8. The third kappa shape index (κ3) is 1.54. The number of Topliss-reactive ketones (excluding diaryl/α,β-unsaturated/α-hetero) is 1. The molecule has 7 heteroatoms. The number of hydroxylamine groups is 4. The summed E-state index contributed by atoms with van der Waals surface area (Å²) in [7, 11) is 0. The topological polar surface area (TPSA) is 60.5 Å². The van der Waals surface area contributed by atoms with Gasteiger partial charge >= 0.3 is 0 Å². The Balaban J connectivity index is 1.46. The van der Waals surface area contributed by atoms with Crippen LogP contribution in [0.5, 0.6) is 0 Å². The van der Waals surface area contributed by atoms with Crippen molar-refractivity contribution < 1.29 is 23.9 Å². The summed E-state index contributed by atoms with van der Waals surface area (Å²) in [6.45, 7) is 2.88. The van der Waals surface area contributed by atoms with E-state index in [1.165, 1.54) is 0 Å². The molecule has 5 heterocycles. The molecule has 0 N–H and O–H groups in total. The van der Waals surface area contributed by atoms with E-state index in [1.54, 1.807) is 0 Å². The highest BCUT2D eigenvalue weighted by atomic mass is 16.8. The first-order valence-electron chi connectivity index (χ1n) is 8.98. The standard InChI is InChI=1S/C16H22N2O5/c19-13-11-9-3-1-5-17(9)22-14(11)16(20-7-8-21-16)15-12(13)10-4-2-6-18(10)23-15/h9-12,14-15H,1-8H2. The Morgan fingerprint density at radius 2 is 1.39 bits per heavy atom. The minimum atomic E-state index is -0.905. The third-order valence-corrected chi connectivity index (χ3v) is 6.66. The lowest BCUT2D eigenvalue weighted by Gasteiger charge is -2.45. The molecule has 6 unspecified atom stereocenters.